The molecule has 0 spiro atoms. The number of terminal acetylenes is 1. The van der Waals surface area contributed by atoms with Crippen molar-refractivity contribution in [3.8, 4) is 12.3 Å². The summed E-state index contributed by atoms with van der Waals surface area (Å²) in [5.41, 5.74) is 5.39. The molecule has 0 aromatic rings. The largest absolute Gasteiger partial charge is 0.396 e. The topological polar surface area (TPSA) is 75.4 Å². The molecule has 4 heteroatoms. The first kappa shape index (κ1) is 11.0. The second-order valence-electron chi connectivity index (χ2n) is 2.38. The van der Waals surface area contributed by atoms with Gasteiger partial charge in [-0.3, -0.25) is 4.79 Å². The van der Waals surface area contributed by atoms with Crippen LogP contribution in [0, 0.1) is 12.3 Å². The van der Waals surface area contributed by atoms with E-state index in [1.165, 1.54) is 0 Å². The summed E-state index contributed by atoms with van der Waals surface area (Å²) in [6.07, 6.45) is 5.75. The Morgan fingerprint density at radius 2 is 2.42 bits per heavy atom. The van der Waals surface area contributed by atoms with Crippen LogP contribution in [0.4, 0.5) is 0 Å². The highest BCUT2D eigenvalue weighted by atomic mass is 16.3. The smallest absolute Gasteiger partial charge is 0.237 e. The van der Waals surface area contributed by atoms with Gasteiger partial charge in [0.2, 0.25) is 5.91 Å². The van der Waals surface area contributed by atoms with Crippen LogP contribution in [0.1, 0.15) is 12.8 Å². The molecule has 0 radical (unpaired) electrons. The van der Waals surface area contributed by atoms with E-state index in [1.54, 1.807) is 0 Å². The number of nitrogens with one attached hydrogen (secondary N) is 1. The van der Waals surface area contributed by atoms with Crippen molar-refractivity contribution in [2.45, 2.75) is 18.9 Å². The molecule has 0 bridgehead atoms. The Labute approximate surface area is 72.1 Å². The van der Waals surface area contributed by atoms with Gasteiger partial charge in [0.1, 0.15) is 0 Å². The molecule has 0 aliphatic carbocycles. The average molecular weight is 170 g/mol. The molecule has 0 fully saturated rings. The van der Waals surface area contributed by atoms with E-state index < -0.39 is 6.04 Å². The molecule has 0 aromatic heterocycles. The predicted molar refractivity (Wildman–Crippen MR) is 46.1 cm³/mol. The summed E-state index contributed by atoms with van der Waals surface area (Å²) in [6.45, 7) is 0.498. The molecule has 1 amide bonds. The van der Waals surface area contributed by atoms with Crippen molar-refractivity contribution in [3.63, 3.8) is 0 Å². The van der Waals surface area contributed by atoms with Crippen molar-refractivity contribution in [3.05, 3.63) is 0 Å². The van der Waals surface area contributed by atoms with E-state index in [2.05, 4.69) is 11.2 Å². The van der Waals surface area contributed by atoms with Crippen LogP contribution in [-0.4, -0.2) is 30.2 Å². The fraction of sp³-hybridized carbons (Fsp3) is 0.625. The summed E-state index contributed by atoms with van der Waals surface area (Å²) in [7, 11) is 0. The predicted octanol–water partition coefficient (Wildman–Crippen LogP) is -1.16. The molecule has 1 unspecified atom stereocenters. The van der Waals surface area contributed by atoms with Gasteiger partial charge in [-0.25, -0.2) is 0 Å². The van der Waals surface area contributed by atoms with Gasteiger partial charge in [-0.2, -0.15) is 0 Å². The van der Waals surface area contributed by atoms with Gasteiger partial charge in [0.15, 0.2) is 0 Å². The fourth-order valence-electron chi connectivity index (χ4n) is 0.641. The van der Waals surface area contributed by atoms with E-state index in [9.17, 15) is 4.79 Å². The lowest BCUT2D eigenvalue weighted by Crippen LogP contribution is -2.40. The maximum absolute atomic E-state index is 11.0. The Hall–Kier alpha value is -1.05. The zero-order valence-electron chi connectivity index (χ0n) is 6.92. The maximum Gasteiger partial charge on any atom is 0.237 e. The number of amides is 1. The number of aliphatic hydroxyl groups excluding tert-OH is 1. The molecule has 4 N–H and O–H groups in total. The maximum atomic E-state index is 11.0. The summed E-state index contributed by atoms with van der Waals surface area (Å²) in [6, 6.07) is -0.631. The first-order chi connectivity index (χ1) is 5.72. The molecule has 0 aromatic carbocycles. The van der Waals surface area contributed by atoms with E-state index in [1.807, 2.05) is 0 Å². The van der Waals surface area contributed by atoms with Crippen LogP contribution in [0.3, 0.4) is 0 Å². The van der Waals surface area contributed by atoms with Gasteiger partial charge >= 0.3 is 0 Å². The molecular formula is C8H14N2O2. The monoisotopic (exact) mass is 170 g/mol. The van der Waals surface area contributed by atoms with Gasteiger partial charge in [-0.15, -0.1) is 12.3 Å². The molecule has 1 atom stereocenters. The third-order valence-electron chi connectivity index (χ3n) is 1.31. The minimum atomic E-state index is -0.631. The third kappa shape index (κ3) is 4.72. The molecule has 0 aliphatic rings. The Bertz CT molecular complexity index is 174. The molecule has 0 heterocycles. The van der Waals surface area contributed by atoms with Crippen LogP contribution in [0.2, 0.25) is 0 Å². The second-order valence-corrected chi connectivity index (χ2v) is 2.38. The van der Waals surface area contributed by atoms with Crippen molar-refractivity contribution in [2.24, 2.45) is 5.73 Å². The van der Waals surface area contributed by atoms with Gasteiger partial charge in [0.05, 0.1) is 6.04 Å². The molecular weight excluding hydrogens is 156 g/mol. The highest BCUT2D eigenvalue weighted by molar-refractivity contribution is 5.81. The molecule has 0 rings (SSSR count). The molecule has 4 nitrogen and oxygen atoms in total. The van der Waals surface area contributed by atoms with Crippen molar-refractivity contribution in [2.75, 3.05) is 13.2 Å². The van der Waals surface area contributed by atoms with E-state index in [4.69, 9.17) is 17.3 Å². The Kier molecular flexibility index (Phi) is 6.07. The number of nitrogens with two attached hydrogens (primary N) is 1. The molecule has 68 valence electrons. The van der Waals surface area contributed by atoms with Gasteiger partial charge in [-0.05, 0) is 6.42 Å². The van der Waals surface area contributed by atoms with Crippen LogP contribution in [0.5, 0.6) is 0 Å². The van der Waals surface area contributed by atoms with Crippen molar-refractivity contribution in [1.29, 1.82) is 0 Å². The van der Waals surface area contributed by atoms with Crippen LogP contribution in [-0.2, 0) is 4.79 Å². The number of hydrogen-bond acceptors (Lipinski definition) is 3. The SMILES string of the molecule is C#CCC(N)C(=O)NCCCO. The Balaban J connectivity index is 3.51. The van der Waals surface area contributed by atoms with Gasteiger partial charge < -0.3 is 16.2 Å². The van der Waals surface area contributed by atoms with Crippen molar-refractivity contribution >= 4 is 5.91 Å². The fourth-order valence-corrected chi connectivity index (χ4v) is 0.641. The van der Waals surface area contributed by atoms with Crippen molar-refractivity contribution in [1.82, 2.24) is 5.32 Å². The number of carbonyl (C=O) groups is 1. The Morgan fingerprint density at radius 3 is 2.92 bits per heavy atom. The van der Waals surface area contributed by atoms with Crippen LogP contribution >= 0.6 is 0 Å². The highest BCUT2D eigenvalue weighted by Gasteiger charge is 2.09. The van der Waals surface area contributed by atoms with Crippen molar-refractivity contribution < 1.29 is 9.90 Å². The molecule has 12 heavy (non-hydrogen) atoms. The minimum absolute atomic E-state index is 0.0602. The van der Waals surface area contributed by atoms with E-state index in [0.717, 1.165) is 0 Å². The quantitative estimate of drug-likeness (QED) is 0.360. The number of rotatable bonds is 5. The summed E-state index contributed by atoms with van der Waals surface area (Å²) in [5.74, 6) is 2.04. The summed E-state index contributed by atoms with van der Waals surface area (Å²) in [4.78, 5) is 11.0. The van der Waals surface area contributed by atoms with Crippen LogP contribution in [0.25, 0.3) is 0 Å². The van der Waals surface area contributed by atoms with E-state index in [0.29, 0.717) is 13.0 Å². The van der Waals surface area contributed by atoms with Gasteiger partial charge in [0.25, 0.3) is 0 Å². The van der Waals surface area contributed by atoms with Crippen LogP contribution < -0.4 is 11.1 Å². The van der Waals surface area contributed by atoms with Gasteiger partial charge in [-0.1, -0.05) is 0 Å². The van der Waals surface area contributed by atoms with Gasteiger partial charge in [0, 0.05) is 19.6 Å². The Morgan fingerprint density at radius 1 is 1.75 bits per heavy atom. The summed E-state index contributed by atoms with van der Waals surface area (Å²) >= 11 is 0. The third-order valence-corrected chi connectivity index (χ3v) is 1.31. The lowest BCUT2D eigenvalue weighted by atomic mass is 10.2. The van der Waals surface area contributed by atoms with Crippen LogP contribution in [0.15, 0.2) is 0 Å². The molecule has 0 aliphatic heterocycles. The number of carbonyl (C=O) groups excluding carboxylic acids is 1. The highest BCUT2D eigenvalue weighted by Crippen LogP contribution is 1.85. The summed E-state index contributed by atoms with van der Waals surface area (Å²) < 4.78 is 0. The minimum Gasteiger partial charge on any atom is -0.396 e. The number of hydrogen-bond donors (Lipinski definition) is 3. The standard InChI is InChI=1S/C8H14N2O2/c1-2-4-7(9)8(12)10-5-3-6-11/h1,7,11H,3-6,9H2,(H,10,12). The first-order valence-electron chi connectivity index (χ1n) is 3.80. The average Bonchev–Trinajstić information content (AvgIpc) is 2.05. The van der Waals surface area contributed by atoms with E-state index in [-0.39, 0.29) is 18.9 Å². The zero-order valence-corrected chi connectivity index (χ0v) is 6.92. The molecule has 0 saturated heterocycles. The zero-order chi connectivity index (χ0) is 9.40. The number of aliphatic hydroxyl groups is 1. The second kappa shape index (κ2) is 6.65. The summed E-state index contributed by atoms with van der Waals surface area (Å²) in [5, 5.41) is 11.0. The first-order valence-corrected chi connectivity index (χ1v) is 3.80. The molecule has 0 saturated carbocycles. The van der Waals surface area contributed by atoms with E-state index >= 15 is 0 Å². The lowest BCUT2D eigenvalue weighted by molar-refractivity contribution is -0.122. The normalized spacial score (nSPS) is 11.8. The lowest BCUT2D eigenvalue weighted by Gasteiger charge is -2.08.